The third-order valence-electron chi connectivity index (χ3n) is 2.79. The number of amides is 1. The summed E-state index contributed by atoms with van der Waals surface area (Å²) in [5.41, 5.74) is 7.22. The highest BCUT2D eigenvalue weighted by Crippen LogP contribution is 2.23. The van der Waals surface area contributed by atoms with E-state index in [4.69, 9.17) is 22.1 Å². The number of nitrogens with zero attached hydrogens (tertiary/aromatic N) is 2. The minimum Gasteiger partial charge on any atom is -0.488 e. The van der Waals surface area contributed by atoms with Gasteiger partial charge in [-0.1, -0.05) is 23.7 Å². The van der Waals surface area contributed by atoms with E-state index >= 15 is 0 Å². The molecule has 1 aromatic heterocycles. The zero-order valence-corrected chi connectivity index (χ0v) is 11.4. The summed E-state index contributed by atoms with van der Waals surface area (Å²) in [5.74, 6) is -0.0843. The number of benzene rings is 1. The van der Waals surface area contributed by atoms with Crippen LogP contribution in [0.25, 0.3) is 0 Å². The average molecular weight is 280 g/mol. The van der Waals surface area contributed by atoms with E-state index in [-0.39, 0.29) is 6.61 Å². The van der Waals surface area contributed by atoms with Crippen LogP contribution in [0.15, 0.2) is 24.3 Å². The Labute approximate surface area is 115 Å². The van der Waals surface area contributed by atoms with Gasteiger partial charge in [0.15, 0.2) is 0 Å². The molecular weight excluding hydrogens is 266 g/mol. The highest BCUT2D eigenvalue weighted by Gasteiger charge is 2.14. The fourth-order valence-electron chi connectivity index (χ4n) is 1.78. The SMILES string of the molecule is Cc1nn(C)c(Cl)c1COc1ccccc1C(N)=O. The number of hydrogen-bond acceptors (Lipinski definition) is 3. The lowest BCUT2D eigenvalue weighted by Gasteiger charge is -2.09. The molecule has 1 amide bonds. The summed E-state index contributed by atoms with van der Waals surface area (Å²) in [5, 5.41) is 4.72. The monoisotopic (exact) mass is 279 g/mol. The van der Waals surface area contributed by atoms with E-state index in [0.29, 0.717) is 16.5 Å². The maximum Gasteiger partial charge on any atom is 0.252 e. The summed E-state index contributed by atoms with van der Waals surface area (Å²) in [6.07, 6.45) is 0. The van der Waals surface area contributed by atoms with Gasteiger partial charge in [0, 0.05) is 12.6 Å². The summed E-state index contributed by atoms with van der Waals surface area (Å²) in [6.45, 7) is 2.09. The molecule has 0 radical (unpaired) electrons. The van der Waals surface area contributed by atoms with Crippen molar-refractivity contribution in [1.29, 1.82) is 0 Å². The minimum atomic E-state index is -0.524. The second kappa shape index (κ2) is 5.32. The van der Waals surface area contributed by atoms with Crippen LogP contribution in [0.5, 0.6) is 5.75 Å². The molecular formula is C13H14ClN3O2. The first-order chi connectivity index (χ1) is 9.00. The van der Waals surface area contributed by atoms with Crippen molar-refractivity contribution in [2.45, 2.75) is 13.5 Å². The average Bonchev–Trinajstić information content (AvgIpc) is 2.61. The second-order valence-electron chi connectivity index (χ2n) is 4.13. The van der Waals surface area contributed by atoms with Crippen LogP contribution in [-0.2, 0) is 13.7 Å². The normalized spacial score (nSPS) is 10.5. The first-order valence-electron chi connectivity index (χ1n) is 5.70. The Balaban J connectivity index is 2.22. The summed E-state index contributed by atoms with van der Waals surface area (Å²) in [7, 11) is 1.76. The molecule has 2 N–H and O–H groups in total. The Kier molecular flexibility index (Phi) is 3.76. The molecule has 2 rings (SSSR count). The van der Waals surface area contributed by atoms with Crippen LogP contribution in [0.1, 0.15) is 21.6 Å². The molecule has 0 saturated heterocycles. The maximum absolute atomic E-state index is 11.3. The summed E-state index contributed by atoms with van der Waals surface area (Å²) >= 11 is 6.11. The van der Waals surface area contributed by atoms with Crippen LogP contribution in [0.2, 0.25) is 5.15 Å². The standard InChI is InChI=1S/C13H14ClN3O2/c1-8-10(12(14)17(2)16-8)7-19-11-6-4-3-5-9(11)13(15)18/h3-6H,7H2,1-2H3,(H2,15,18). The van der Waals surface area contributed by atoms with Gasteiger partial charge < -0.3 is 10.5 Å². The number of halogens is 1. The molecule has 0 aliphatic heterocycles. The molecule has 0 aliphatic carbocycles. The fourth-order valence-corrected chi connectivity index (χ4v) is 2.01. The zero-order valence-electron chi connectivity index (χ0n) is 10.7. The van der Waals surface area contributed by atoms with Gasteiger partial charge in [0.1, 0.15) is 17.5 Å². The second-order valence-corrected chi connectivity index (χ2v) is 4.49. The van der Waals surface area contributed by atoms with Gasteiger partial charge in [-0.15, -0.1) is 0 Å². The van der Waals surface area contributed by atoms with Crippen LogP contribution in [0.4, 0.5) is 0 Å². The Hall–Kier alpha value is -2.01. The van der Waals surface area contributed by atoms with Crippen LogP contribution >= 0.6 is 11.6 Å². The van der Waals surface area contributed by atoms with Crippen molar-refractivity contribution in [3.8, 4) is 5.75 Å². The van der Waals surface area contributed by atoms with Gasteiger partial charge in [0.25, 0.3) is 5.91 Å². The molecule has 0 atom stereocenters. The smallest absolute Gasteiger partial charge is 0.252 e. The molecule has 0 aliphatic rings. The van der Waals surface area contributed by atoms with E-state index in [1.165, 1.54) is 0 Å². The van der Waals surface area contributed by atoms with Gasteiger partial charge in [-0.25, -0.2) is 0 Å². The molecule has 1 heterocycles. The van der Waals surface area contributed by atoms with Gasteiger partial charge >= 0.3 is 0 Å². The zero-order chi connectivity index (χ0) is 14.0. The summed E-state index contributed by atoms with van der Waals surface area (Å²) in [4.78, 5) is 11.3. The van der Waals surface area contributed by atoms with E-state index in [0.717, 1.165) is 11.3 Å². The molecule has 100 valence electrons. The van der Waals surface area contributed by atoms with Crippen molar-refractivity contribution >= 4 is 17.5 Å². The Morgan fingerprint density at radius 2 is 2.16 bits per heavy atom. The lowest BCUT2D eigenvalue weighted by Crippen LogP contribution is -2.13. The van der Waals surface area contributed by atoms with Crippen molar-refractivity contribution in [3.05, 3.63) is 46.2 Å². The van der Waals surface area contributed by atoms with Gasteiger partial charge in [-0.05, 0) is 19.1 Å². The molecule has 0 saturated carbocycles. The predicted octanol–water partition coefficient (Wildman–Crippen LogP) is 2.06. The molecule has 2 aromatic rings. The largest absolute Gasteiger partial charge is 0.488 e. The van der Waals surface area contributed by atoms with Crippen LogP contribution < -0.4 is 10.5 Å². The van der Waals surface area contributed by atoms with Crippen LogP contribution in [0, 0.1) is 6.92 Å². The molecule has 0 unspecified atom stereocenters. The maximum atomic E-state index is 11.3. The molecule has 1 aromatic carbocycles. The number of ether oxygens (including phenoxy) is 1. The van der Waals surface area contributed by atoms with E-state index < -0.39 is 5.91 Å². The minimum absolute atomic E-state index is 0.239. The summed E-state index contributed by atoms with van der Waals surface area (Å²) in [6, 6.07) is 6.82. The van der Waals surface area contributed by atoms with Gasteiger partial charge in [0.2, 0.25) is 0 Å². The quantitative estimate of drug-likeness (QED) is 0.931. The number of carbonyl (C=O) groups excluding carboxylic acids is 1. The predicted molar refractivity (Wildman–Crippen MR) is 72.2 cm³/mol. The molecule has 0 bridgehead atoms. The number of para-hydroxylation sites is 1. The number of aryl methyl sites for hydroxylation is 2. The Morgan fingerprint density at radius 3 is 2.74 bits per heavy atom. The van der Waals surface area contributed by atoms with Crippen molar-refractivity contribution in [1.82, 2.24) is 9.78 Å². The lowest BCUT2D eigenvalue weighted by atomic mass is 10.2. The highest BCUT2D eigenvalue weighted by atomic mass is 35.5. The third-order valence-corrected chi connectivity index (χ3v) is 3.27. The van der Waals surface area contributed by atoms with Crippen molar-refractivity contribution in [2.75, 3.05) is 0 Å². The van der Waals surface area contributed by atoms with Crippen LogP contribution in [0.3, 0.4) is 0 Å². The lowest BCUT2D eigenvalue weighted by molar-refractivity contribution is 0.0996. The molecule has 0 spiro atoms. The molecule has 5 nitrogen and oxygen atoms in total. The first kappa shape index (κ1) is 13.4. The molecule has 0 fully saturated rings. The molecule has 19 heavy (non-hydrogen) atoms. The number of aromatic nitrogens is 2. The topological polar surface area (TPSA) is 70.1 Å². The van der Waals surface area contributed by atoms with Crippen molar-refractivity contribution in [2.24, 2.45) is 12.8 Å². The number of nitrogens with two attached hydrogens (primary N) is 1. The van der Waals surface area contributed by atoms with Crippen molar-refractivity contribution in [3.63, 3.8) is 0 Å². The van der Waals surface area contributed by atoms with Gasteiger partial charge in [-0.3, -0.25) is 9.48 Å². The van der Waals surface area contributed by atoms with Crippen LogP contribution in [-0.4, -0.2) is 15.7 Å². The van der Waals surface area contributed by atoms with Gasteiger partial charge in [-0.2, -0.15) is 5.10 Å². The van der Waals surface area contributed by atoms with E-state index in [2.05, 4.69) is 5.10 Å². The Morgan fingerprint density at radius 1 is 1.47 bits per heavy atom. The van der Waals surface area contributed by atoms with E-state index in [1.54, 1.807) is 36.0 Å². The van der Waals surface area contributed by atoms with Crippen molar-refractivity contribution < 1.29 is 9.53 Å². The number of rotatable bonds is 4. The fraction of sp³-hybridized carbons (Fsp3) is 0.231. The van der Waals surface area contributed by atoms with E-state index in [1.807, 2.05) is 6.92 Å². The van der Waals surface area contributed by atoms with E-state index in [9.17, 15) is 4.79 Å². The molecule has 6 heteroatoms. The summed E-state index contributed by atoms with van der Waals surface area (Å²) < 4.78 is 7.20. The van der Waals surface area contributed by atoms with Gasteiger partial charge in [0.05, 0.1) is 11.3 Å². The first-order valence-corrected chi connectivity index (χ1v) is 6.08. The highest BCUT2D eigenvalue weighted by molar-refractivity contribution is 6.30. The third kappa shape index (κ3) is 2.71. The number of carbonyl (C=O) groups is 1. The number of hydrogen-bond donors (Lipinski definition) is 1. The number of primary amides is 1. The Bertz CT molecular complexity index is 622.